The average Bonchev–Trinajstić information content (AvgIpc) is 2.91. The molecular formula is C34H40. The maximum atomic E-state index is 3.32. The van der Waals surface area contributed by atoms with Gasteiger partial charge in [0, 0.05) is 11.1 Å². The first-order valence-electron chi connectivity index (χ1n) is 13.6. The maximum Gasteiger partial charge on any atom is 0.0249 e. The fraction of sp³-hybridized carbons (Fsp3) is 0.412. The van der Waals surface area contributed by atoms with E-state index in [1.54, 1.807) is 0 Å². The van der Waals surface area contributed by atoms with E-state index in [2.05, 4.69) is 98.5 Å². The van der Waals surface area contributed by atoms with Crippen LogP contribution in [0.5, 0.6) is 0 Å². The molecule has 0 spiro atoms. The minimum atomic E-state index is 0.755. The molecule has 0 aromatic heterocycles. The zero-order valence-corrected chi connectivity index (χ0v) is 21.2. The van der Waals surface area contributed by atoms with Crippen molar-refractivity contribution < 1.29 is 0 Å². The summed E-state index contributed by atoms with van der Waals surface area (Å²) >= 11 is 0. The summed E-state index contributed by atoms with van der Waals surface area (Å²) in [4.78, 5) is 0. The van der Waals surface area contributed by atoms with E-state index in [1.165, 1.54) is 80.0 Å². The van der Waals surface area contributed by atoms with Gasteiger partial charge in [-0.3, -0.25) is 0 Å². The topological polar surface area (TPSA) is 0 Å². The van der Waals surface area contributed by atoms with Crippen LogP contribution in [0.1, 0.15) is 99.8 Å². The molecule has 0 radical (unpaired) electrons. The van der Waals surface area contributed by atoms with E-state index in [9.17, 15) is 0 Å². The summed E-state index contributed by atoms with van der Waals surface area (Å²) < 4.78 is 0. The van der Waals surface area contributed by atoms with Gasteiger partial charge >= 0.3 is 0 Å². The Hall–Kier alpha value is -2.78. The first-order valence-corrected chi connectivity index (χ1v) is 13.6. The van der Waals surface area contributed by atoms with Crippen molar-refractivity contribution in [3.05, 3.63) is 95.1 Å². The molecule has 34 heavy (non-hydrogen) atoms. The third-order valence-electron chi connectivity index (χ3n) is 7.54. The molecule has 4 rings (SSSR count). The van der Waals surface area contributed by atoms with E-state index in [0.29, 0.717) is 0 Å². The second-order valence-corrected chi connectivity index (χ2v) is 10.1. The lowest BCUT2D eigenvalue weighted by Crippen LogP contribution is -2.13. The van der Waals surface area contributed by atoms with E-state index in [4.69, 9.17) is 0 Å². The van der Waals surface area contributed by atoms with Crippen LogP contribution < -0.4 is 0 Å². The molecule has 3 aromatic carbocycles. The predicted molar refractivity (Wildman–Crippen MR) is 147 cm³/mol. The Morgan fingerprint density at radius 2 is 1.15 bits per heavy atom. The summed E-state index contributed by atoms with van der Waals surface area (Å²) in [7, 11) is 0. The van der Waals surface area contributed by atoms with Gasteiger partial charge in [0.2, 0.25) is 0 Å². The van der Waals surface area contributed by atoms with Crippen LogP contribution in [-0.4, -0.2) is 0 Å². The lowest BCUT2D eigenvalue weighted by Gasteiger charge is -2.29. The second-order valence-electron chi connectivity index (χ2n) is 10.1. The van der Waals surface area contributed by atoms with Gasteiger partial charge < -0.3 is 0 Å². The van der Waals surface area contributed by atoms with E-state index in [0.717, 1.165) is 29.4 Å². The van der Waals surface area contributed by atoms with Crippen molar-refractivity contribution >= 4 is 0 Å². The number of rotatable bonds is 8. The zero-order valence-electron chi connectivity index (χ0n) is 21.2. The number of unbranched alkanes of at least 4 members (excludes halogenated alkanes) is 2. The molecule has 3 aromatic rings. The molecule has 1 saturated carbocycles. The largest absolute Gasteiger partial charge is 0.0654 e. The van der Waals surface area contributed by atoms with Gasteiger partial charge in [0.15, 0.2) is 0 Å². The third kappa shape index (κ3) is 6.87. The summed E-state index contributed by atoms with van der Waals surface area (Å²) in [5.74, 6) is 8.36. The third-order valence-corrected chi connectivity index (χ3v) is 7.54. The SMILES string of the molecule is CCCCc1ccc(C#Cc2ccc(-c3ccc(C4CCC(CCCC)CC4)cc3)cc2)cc1. The van der Waals surface area contributed by atoms with E-state index < -0.39 is 0 Å². The van der Waals surface area contributed by atoms with Crippen molar-refractivity contribution in [2.75, 3.05) is 0 Å². The number of hydrogen-bond donors (Lipinski definition) is 0. The summed E-state index contributed by atoms with van der Waals surface area (Å²) in [6.45, 7) is 4.54. The molecule has 0 amide bonds. The summed E-state index contributed by atoms with van der Waals surface area (Å²) in [5, 5.41) is 0. The number of hydrogen-bond acceptors (Lipinski definition) is 0. The van der Waals surface area contributed by atoms with Gasteiger partial charge in [-0.15, -0.1) is 0 Å². The predicted octanol–water partition coefficient (Wildman–Crippen LogP) is 9.56. The maximum absolute atomic E-state index is 3.32. The molecule has 0 heteroatoms. The van der Waals surface area contributed by atoms with Crippen LogP contribution in [0.2, 0.25) is 0 Å². The smallest absolute Gasteiger partial charge is 0.0249 e. The lowest BCUT2D eigenvalue weighted by atomic mass is 9.77. The molecular weight excluding hydrogens is 408 g/mol. The Balaban J connectivity index is 1.33. The van der Waals surface area contributed by atoms with Gasteiger partial charge in [0.25, 0.3) is 0 Å². The first-order chi connectivity index (χ1) is 16.7. The van der Waals surface area contributed by atoms with E-state index in [1.807, 2.05) is 0 Å². The molecule has 0 saturated heterocycles. The Labute approximate surface area is 207 Å². The van der Waals surface area contributed by atoms with Crippen LogP contribution in [0.25, 0.3) is 11.1 Å². The van der Waals surface area contributed by atoms with Crippen molar-refractivity contribution in [3.63, 3.8) is 0 Å². The monoisotopic (exact) mass is 448 g/mol. The summed E-state index contributed by atoms with van der Waals surface area (Å²) in [6, 6.07) is 26.7. The van der Waals surface area contributed by atoms with Crippen LogP contribution in [-0.2, 0) is 6.42 Å². The molecule has 1 aliphatic carbocycles. The molecule has 0 bridgehead atoms. The molecule has 0 heterocycles. The van der Waals surface area contributed by atoms with Gasteiger partial charge in [0.05, 0.1) is 0 Å². The standard InChI is InChI=1S/C34H40/c1-3-5-7-27-9-11-29(12-10-27)13-14-30-17-21-32(22-18-30)34-25-23-33(24-26-34)31-19-15-28(16-20-31)8-6-4-2/h9-12,17-18,21-26,28,31H,3-8,15-16,19-20H2,1-2H3. The summed E-state index contributed by atoms with van der Waals surface area (Å²) in [6.07, 6.45) is 13.4. The fourth-order valence-electron chi connectivity index (χ4n) is 5.25. The Kier molecular flexibility index (Phi) is 9.04. The van der Waals surface area contributed by atoms with Crippen molar-refractivity contribution in [2.45, 2.75) is 84.0 Å². The lowest BCUT2D eigenvalue weighted by molar-refractivity contribution is 0.304. The highest BCUT2D eigenvalue weighted by molar-refractivity contribution is 5.65. The Morgan fingerprint density at radius 3 is 1.71 bits per heavy atom. The van der Waals surface area contributed by atoms with Crippen molar-refractivity contribution in [1.29, 1.82) is 0 Å². The van der Waals surface area contributed by atoms with Crippen LogP contribution in [0.4, 0.5) is 0 Å². The molecule has 1 aliphatic rings. The normalized spacial score (nSPS) is 17.7. The minimum absolute atomic E-state index is 0.755. The van der Waals surface area contributed by atoms with Gasteiger partial charge in [-0.25, -0.2) is 0 Å². The van der Waals surface area contributed by atoms with Crippen molar-refractivity contribution in [1.82, 2.24) is 0 Å². The van der Waals surface area contributed by atoms with Gasteiger partial charge in [-0.05, 0) is 96.9 Å². The first kappa shape index (κ1) is 24.3. The average molecular weight is 449 g/mol. The van der Waals surface area contributed by atoms with Crippen LogP contribution >= 0.6 is 0 Å². The Bertz CT molecular complexity index is 1050. The van der Waals surface area contributed by atoms with Crippen molar-refractivity contribution in [3.8, 4) is 23.0 Å². The molecule has 0 atom stereocenters. The van der Waals surface area contributed by atoms with Crippen LogP contribution in [0, 0.1) is 17.8 Å². The molecule has 0 aliphatic heterocycles. The zero-order chi connectivity index (χ0) is 23.6. The van der Waals surface area contributed by atoms with E-state index >= 15 is 0 Å². The minimum Gasteiger partial charge on any atom is -0.0654 e. The van der Waals surface area contributed by atoms with Crippen LogP contribution in [0.15, 0.2) is 72.8 Å². The molecule has 0 nitrogen and oxygen atoms in total. The molecule has 1 fully saturated rings. The quantitative estimate of drug-likeness (QED) is 0.301. The molecule has 0 N–H and O–H groups in total. The second kappa shape index (κ2) is 12.6. The van der Waals surface area contributed by atoms with Gasteiger partial charge in [-0.2, -0.15) is 0 Å². The fourth-order valence-corrected chi connectivity index (χ4v) is 5.25. The molecule has 0 unspecified atom stereocenters. The highest BCUT2D eigenvalue weighted by Gasteiger charge is 2.21. The Morgan fingerprint density at radius 1 is 0.618 bits per heavy atom. The van der Waals surface area contributed by atoms with Gasteiger partial charge in [-0.1, -0.05) is 99.9 Å². The highest BCUT2D eigenvalue weighted by Crippen LogP contribution is 2.38. The molecule has 176 valence electrons. The number of benzene rings is 3. The van der Waals surface area contributed by atoms with E-state index in [-0.39, 0.29) is 0 Å². The van der Waals surface area contributed by atoms with Gasteiger partial charge in [0.1, 0.15) is 0 Å². The summed E-state index contributed by atoms with van der Waals surface area (Å²) in [5.41, 5.74) is 7.64. The number of aryl methyl sites for hydroxylation is 1. The van der Waals surface area contributed by atoms with Crippen LogP contribution in [0.3, 0.4) is 0 Å². The highest BCUT2D eigenvalue weighted by atomic mass is 14.3. The van der Waals surface area contributed by atoms with Crippen molar-refractivity contribution in [2.24, 2.45) is 5.92 Å².